The number of rotatable bonds is 12. The molecule has 0 aromatic heterocycles. The molecule has 11 heteroatoms. The minimum Gasteiger partial charge on any atom is -0.495 e. The topological polar surface area (TPSA) is 120 Å². The van der Waals surface area contributed by atoms with E-state index in [0.717, 1.165) is 23.1 Å². The number of carbonyl (C=O) groups excluding carboxylic acids is 4. The van der Waals surface area contributed by atoms with Crippen molar-refractivity contribution in [2.45, 2.75) is 19.8 Å². The van der Waals surface area contributed by atoms with E-state index >= 15 is 0 Å². The average Bonchev–Trinajstić information content (AvgIpc) is 3.15. The Morgan fingerprint density at radius 2 is 1.78 bits per heavy atom. The Morgan fingerprint density at radius 1 is 1.03 bits per heavy atom. The van der Waals surface area contributed by atoms with E-state index < -0.39 is 29.6 Å². The van der Waals surface area contributed by atoms with Gasteiger partial charge < -0.3 is 24.3 Å². The van der Waals surface area contributed by atoms with Crippen molar-refractivity contribution < 1.29 is 38.1 Å². The second kappa shape index (κ2) is 13.4. The van der Waals surface area contributed by atoms with Crippen molar-refractivity contribution in [3.8, 4) is 17.2 Å². The molecule has 37 heavy (non-hydrogen) atoms. The molecule has 0 bridgehead atoms. The van der Waals surface area contributed by atoms with E-state index in [4.69, 9.17) is 18.9 Å². The van der Waals surface area contributed by atoms with Gasteiger partial charge in [-0.05, 0) is 54.1 Å². The fraction of sp³-hybridized carbons (Fsp3) is 0.308. The third kappa shape index (κ3) is 7.50. The van der Waals surface area contributed by atoms with E-state index in [9.17, 15) is 19.2 Å². The molecule has 0 unspecified atom stereocenters. The highest BCUT2D eigenvalue weighted by Gasteiger charge is 2.36. The lowest BCUT2D eigenvalue weighted by Gasteiger charge is -2.13. The Bertz CT molecular complexity index is 1200. The summed E-state index contributed by atoms with van der Waals surface area (Å²) in [5.41, 5.74) is 1.09. The maximum Gasteiger partial charge on any atom is 0.326 e. The summed E-state index contributed by atoms with van der Waals surface area (Å²) in [4.78, 5) is 50.3. The lowest BCUT2D eigenvalue weighted by atomic mass is 10.2. The van der Waals surface area contributed by atoms with E-state index in [1.165, 1.54) is 20.3 Å². The molecule has 196 valence electrons. The van der Waals surface area contributed by atoms with Gasteiger partial charge in [-0.2, -0.15) is 0 Å². The number of amides is 3. The van der Waals surface area contributed by atoms with Crippen molar-refractivity contribution >= 4 is 46.5 Å². The summed E-state index contributed by atoms with van der Waals surface area (Å²) in [7, 11) is 2.95. The second-order valence-corrected chi connectivity index (χ2v) is 8.78. The van der Waals surface area contributed by atoms with Gasteiger partial charge in [-0.1, -0.05) is 31.5 Å². The lowest BCUT2D eigenvalue weighted by molar-refractivity contribution is -0.146. The van der Waals surface area contributed by atoms with Crippen molar-refractivity contribution in [2.75, 3.05) is 39.3 Å². The van der Waals surface area contributed by atoms with Crippen molar-refractivity contribution in [3.63, 3.8) is 0 Å². The van der Waals surface area contributed by atoms with Crippen LogP contribution in [0.2, 0.25) is 0 Å². The maximum absolute atomic E-state index is 12.7. The van der Waals surface area contributed by atoms with Gasteiger partial charge in [0.2, 0.25) is 0 Å². The zero-order chi connectivity index (χ0) is 26.8. The molecule has 3 amide bonds. The van der Waals surface area contributed by atoms with Gasteiger partial charge in [0.25, 0.3) is 17.1 Å². The molecular weight excluding hydrogens is 500 g/mol. The Kier molecular flexibility index (Phi) is 9.96. The van der Waals surface area contributed by atoms with Gasteiger partial charge in [-0.15, -0.1) is 0 Å². The summed E-state index contributed by atoms with van der Waals surface area (Å²) >= 11 is 0.738. The van der Waals surface area contributed by atoms with E-state index in [1.807, 2.05) is 6.92 Å². The average molecular weight is 529 g/mol. The molecule has 1 aliphatic heterocycles. The standard InChI is InChI=1S/C26H28N2O8S/c1-4-5-12-35-24(30)15-28-25(31)22(37-26(28)32)14-17-10-11-20(21(13-17)34-3)36-16-23(29)27-18-8-6-7-9-19(18)33-2/h6-11,13-14H,4-5,12,15-16H2,1-3H3,(H,27,29)/b22-14-. The van der Waals surface area contributed by atoms with Crippen LogP contribution in [0.1, 0.15) is 25.3 Å². The van der Waals surface area contributed by atoms with Crippen LogP contribution in [0.5, 0.6) is 17.2 Å². The number of ether oxygens (including phenoxy) is 4. The largest absolute Gasteiger partial charge is 0.495 e. The van der Waals surface area contributed by atoms with Crippen LogP contribution in [-0.4, -0.2) is 61.9 Å². The number of benzene rings is 2. The molecule has 1 aliphatic rings. The first kappa shape index (κ1) is 27.6. The number of para-hydroxylation sites is 2. The van der Waals surface area contributed by atoms with Crippen molar-refractivity contribution in [2.24, 2.45) is 0 Å². The van der Waals surface area contributed by atoms with E-state index in [0.29, 0.717) is 34.9 Å². The quantitative estimate of drug-likeness (QED) is 0.247. The number of carbonyl (C=O) groups is 4. The van der Waals surface area contributed by atoms with Crippen LogP contribution < -0.4 is 19.5 Å². The molecule has 1 saturated heterocycles. The van der Waals surface area contributed by atoms with E-state index in [-0.39, 0.29) is 18.1 Å². The minimum atomic E-state index is -0.630. The monoisotopic (exact) mass is 528 g/mol. The zero-order valence-electron chi connectivity index (χ0n) is 20.8. The lowest BCUT2D eigenvalue weighted by Crippen LogP contribution is -2.34. The summed E-state index contributed by atoms with van der Waals surface area (Å²) in [5.74, 6) is -0.423. The van der Waals surface area contributed by atoms with Crippen molar-refractivity contribution in [3.05, 3.63) is 52.9 Å². The van der Waals surface area contributed by atoms with Gasteiger partial charge in [0.15, 0.2) is 18.1 Å². The number of nitrogens with one attached hydrogen (secondary N) is 1. The molecule has 10 nitrogen and oxygen atoms in total. The summed E-state index contributed by atoms with van der Waals surface area (Å²) < 4.78 is 21.2. The van der Waals surface area contributed by atoms with Crippen LogP contribution >= 0.6 is 11.8 Å². The summed E-state index contributed by atoms with van der Waals surface area (Å²) in [6.07, 6.45) is 3.09. The number of imide groups is 1. The van der Waals surface area contributed by atoms with Crippen LogP contribution in [0.4, 0.5) is 10.5 Å². The second-order valence-electron chi connectivity index (χ2n) is 7.79. The molecule has 1 fully saturated rings. The molecule has 0 aliphatic carbocycles. The Balaban J connectivity index is 1.63. The SMILES string of the molecule is CCCCOC(=O)CN1C(=O)S/C(=C\c2ccc(OCC(=O)Nc3ccccc3OC)c(OC)c2)C1=O. The number of hydrogen-bond donors (Lipinski definition) is 1. The van der Waals surface area contributed by atoms with Crippen molar-refractivity contribution in [1.29, 1.82) is 0 Å². The number of unbranched alkanes of at least 4 members (excludes halogenated alkanes) is 1. The first-order chi connectivity index (χ1) is 17.9. The molecule has 0 radical (unpaired) electrons. The predicted molar refractivity (Wildman–Crippen MR) is 139 cm³/mol. The number of thioether (sulfide) groups is 1. The van der Waals surface area contributed by atoms with E-state index in [1.54, 1.807) is 42.5 Å². The van der Waals surface area contributed by atoms with Gasteiger partial charge in [0, 0.05) is 0 Å². The minimum absolute atomic E-state index is 0.165. The Hall–Kier alpha value is -3.99. The highest BCUT2D eigenvalue weighted by Crippen LogP contribution is 2.34. The Labute approximate surface area is 218 Å². The fourth-order valence-corrected chi connectivity index (χ4v) is 4.10. The van der Waals surface area contributed by atoms with Crippen LogP contribution in [0, 0.1) is 0 Å². The van der Waals surface area contributed by atoms with Crippen LogP contribution in [-0.2, 0) is 19.1 Å². The molecule has 2 aromatic rings. The van der Waals surface area contributed by atoms with Gasteiger partial charge in [0.1, 0.15) is 12.3 Å². The van der Waals surface area contributed by atoms with Gasteiger partial charge in [-0.3, -0.25) is 24.1 Å². The van der Waals surface area contributed by atoms with E-state index in [2.05, 4.69) is 5.32 Å². The van der Waals surface area contributed by atoms with Gasteiger partial charge >= 0.3 is 5.97 Å². The van der Waals surface area contributed by atoms with Crippen molar-refractivity contribution in [1.82, 2.24) is 4.90 Å². The fourth-order valence-electron chi connectivity index (χ4n) is 3.26. The smallest absolute Gasteiger partial charge is 0.326 e. The van der Waals surface area contributed by atoms with Crippen LogP contribution in [0.15, 0.2) is 47.4 Å². The number of esters is 1. The summed E-state index contributed by atoms with van der Waals surface area (Å²) in [6.45, 7) is 1.50. The van der Waals surface area contributed by atoms with Gasteiger partial charge in [0.05, 0.1) is 31.4 Å². The number of hydrogen-bond acceptors (Lipinski definition) is 9. The number of anilines is 1. The third-order valence-corrected chi connectivity index (χ3v) is 6.05. The molecule has 2 aromatic carbocycles. The summed E-state index contributed by atoms with van der Waals surface area (Å²) in [5, 5.41) is 2.18. The maximum atomic E-state index is 12.7. The molecular formula is C26H28N2O8S. The normalized spacial score (nSPS) is 14.0. The number of methoxy groups -OCH3 is 2. The van der Waals surface area contributed by atoms with Crippen LogP contribution in [0.25, 0.3) is 6.08 Å². The Morgan fingerprint density at radius 3 is 2.51 bits per heavy atom. The zero-order valence-corrected chi connectivity index (χ0v) is 21.6. The molecule has 0 spiro atoms. The number of nitrogens with zero attached hydrogens (tertiary/aromatic N) is 1. The van der Waals surface area contributed by atoms with Gasteiger partial charge in [-0.25, -0.2) is 0 Å². The highest BCUT2D eigenvalue weighted by molar-refractivity contribution is 8.18. The molecule has 0 saturated carbocycles. The molecule has 1 heterocycles. The molecule has 3 rings (SSSR count). The molecule has 1 N–H and O–H groups in total. The highest BCUT2D eigenvalue weighted by atomic mass is 32.2. The summed E-state index contributed by atoms with van der Waals surface area (Å²) in [6, 6.07) is 11.9. The molecule has 0 atom stereocenters. The first-order valence-corrected chi connectivity index (χ1v) is 12.3. The van der Waals surface area contributed by atoms with Crippen LogP contribution in [0.3, 0.4) is 0 Å². The predicted octanol–water partition coefficient (Wildman–Crippen LogP) is 4.10. The third-order valence-electron chi connectivity index (χ3n) is 5.15. The first-order valence-electron chi connectivity index (χ1n) is 11.5.